The first-order valence-electron chi connectivity index (χ1n) is 14.8. The third-order valence-electron chi connectivity index (χ3n) is 6.40. The molecule has 0 spiro atoms. The number of primary amides is 2. The topological polar surface area (TPSA) is 210 Å². The Labute approximate surface area is 265 Å². The molecular formula is C31H51N5O9. The summed E-state index contributed by atoms with van der Waals surface area (Å²) >= 11 is 0. The molecule has 1 aromatic carbocycles. The molecule has 0 saturated heterocycles. The van der Waals surface area contributed by atoms with Crippen molar-refractivity contribution in [2.75, 3.05) is 13.1 Å². The van der Waals surface area contributed by atoms with Gasteiger partial charge in [-0.05, 0) is 59.9 Å². The summed E-state index contributed by atoms with van der Waals surface area (Å²) in [7, 11) is 0. The van der Waals surface area contributed by atoms with Gasteiger partial charge in [0.2, 0.25) is 6.10 Å². The second-order valence-corrected chi connectivity index (χ2v) is 13.7. The lowest BCUT2D eigenvalue weighted by atomic mass is 9.69. The number of nitrogens with one attached hydrogen (secondary N) is 3. The lowest BCUT2D eigenvalue weighted by Crippen LogP contribution is -2.64. The van der Waals surface area contributed by atoms with Crippen LogP contribution in [-0.4, -0.2) is 72.3 Å². The van der Waals surface area contributed by atoms with Crippen molar-refractivity contribution >= 4 is 30.3 Å². The maximum Gasteiger partial charge on any atom is 0.407 e. The number of benzene rings is 1. The first kappa shape index (κ1) is 38.8. The molecule has 2 unspecified atom stereocenters. The number of nitrogens with two attached hydrogens (primary N) is 2. The van der Waals surface area contributed by atoms with Crippen molar-refractivity contribution in [1.82, 2.24) is 16.0 Å². The third kappa shape index (κ3) is 14.4. The maximum absolute atomic E-state index is 13.8. The van der Waals surface area contributed by atoms with Gasteiger partial charge in [-0.1, -0.05) is 51.1 Å². The van der Waals surface area contributed by atoms with Crippen LogP contribution in [0.25, 0.3) is 0 Å². The van der Waals surface area contributed by atoms with Crippen LogP contribution < -0.4 is 27.4 Å². The van der Waals surface area contributed by atoms with E-state index in [1.807, 2.05) is 0 Å². The molecule has 0 fully saturated rings. The Bertz CT molecular complexity index is 1160. The number of amides is 5. The van der Waals surface area contributed by atoms with Gasteiger partial charge in [-0.3, -0.25) is 4.79 Å². The summed E-state index contributed by atoms with van der Waals surface area (Å²) in [5.74, 6) is -0.844. The molecule has 0 heterocycles. The molecule has 1 aromatic rings. The van der Waals surface area contributed by atoms with Crippen LogP contribution in [0.4, 0.5) is 19.2 Å². The maximum atomic E-state index is 13.8. The minimum absolute atomic E-state index is 0.0540. The summed E-state index contributed by atoms with van der Waals surface area (Å²) in [4.78, 5) is 62.8. The van der Waals surface area contributed by atoms with Crippen LogP contribution in [0.3, 0.4) is 0 Å². The zero-order valence-corrected chi connectivity index (χ0v) is 27.9. The highest BCUT2D eigenvalue weighted by atomic mass is 16.6. The fourth-order valence-corrected chi connectivity index (χ4v) is 4.42. The number of hydrogen-bond acceptors (Lipinski definition) is 9. The Hall–Kier alpha value is -4.23. The Morgan fingerprint density at radius 2 is 1.31 bits per heavy atom. The monoisotopic (exact) mass is 637 g/mol. The number of hydrogen-bond donors (Lipinski definition) is 5. The number of carbonyl (C=O) groups is 5. The van der Waals surface area contributed by atoms with E-state index in [9.17, 15) is 24.0 Å². The van der Waals surface area contributed by atoms with E-state index in [0.717, 1.165) is 0 Å². The van der Waals surface area contributed by atoms with Crippen molar-refractivity contribution in [3.05, 3.63) is 35.9 Å². The quantitative estimate of drug-likeness (QED) is 0.157. The van der Waals surface area contributed by atoms with E-state index in [4.69, 9.17) is 30.4 Å². The SMILES string of the molecule is CC(C)(C)OC(=O)NCCC[C@@H](CNC(=O)C(OC(N)=O)C(Cc1ccccc1)(OC(N)=O)C(C)(C)C)NC(=O)OC(C)(C)C. The summed E-state index contributed by atoms with van der Waals surface area (Å²) in [6.45, 7) is 15.5. The second kappa shape index (κ2) is 16.2. The molecule has 0 saturated carbocycles. The summed E-state index contributed by atoms with van der Waals surface area (Å²) in [6, 6.07) is 8.16. The predicted molar refractivity (Wildman–Crippen MR) is 167 cm³/mol. The molecular weight excluding hydrogens is 586 g/mol. The average Bonchev–Trinajstić information content (AvgIpc) is 2.85. The molecule has 0 aliphatic rings. The van der Waals surface area contributed by atoms with Crippen LogP contribution in [0, 0.1) is 5.41 Å². The Morgan fingerprint density at radius 3 is 1.80 bits per heavy atom. The number of alkyl carbamates (subject to hydrolysis) is 2. The normalized spacial score (nSPS) is 14.5. The molecule has 0 aromatic heterocycles. The zero-order chi connectivity index (χ0) is 34.6. The predicted octanol–water partition coefficient (Wildman–Crippen LogP) is 3.89. The number of ether oxygens (including phenoxy) is 4. The van der Waals surface area contributed by atoms with Gasteiger partial charge >= 0.3 is 24.4 Å². The Balaban J connectivity index is 3.29. The first-order chi connectivity index (χ1) is 20.5. The molecule has 0 radical (unpaired) electrons. The summed E-state index contributed by atoms with van der Waals surface area (Å²) < 4.78 is 21.6. The first-order valence-corrected chi connectivity index (χ1v) is 14.8. The standard InChI is InChI=1S/C31H51N5O9/c1-28(2,3)31(43-25(33)39,18-20-14-11-10-12-15-20)22(42-24(32)38)23(37)35-19-21(36-27(41)45-30(7,8)9)16-13-17-34-26(40)44-29(4,5)6/h10-12,14-15,21-22H,13,16-19H2,1-9H3,(H2,32,38)(H2,33,39)(H,34,40)(H,35,37)(H,36,41)/t21-,22?,31?/m0/s1. The molecule has 5 amide bonds. The Morgan fingerprint density at radius 1 is 0.756 bits per heavy atom. The van der Waals surface area contributed by atoms with E-state index in [1.54, 1.807) is 92.6 Å². The highest BCUT2D eigenvalue weighted by molar-refractivity contribution is 5.85. The molecule has 0 bridgehead atoms. The number of carbonyl (C=O) groups excluding carboxylic acids is 5. The van der Waals surface area contributed by atoms with Crippen LogP contribution in [0.15, 0.2) is 30.3 Å². The largest absolute Gasteiger partial charge is 0.444 e. The molecule has 0 aliphatic carbocycles. The lowest BCUT2D eigenvalue weighted by molar-refractivity contribution is -0.165. The van der Waals surface area contributed by atoms with Crippen molar-refractivity contribution in [3.63, 3.8) is 0 Å². The molecule has 254 valence electrons. The van der Waals surface area contributed by atoms with Gasteiger partial charge in [-0.25, -0.2) is 19.2 Å². The van der Waals surface area contributed by atoms with Crippen molar-refractivity contribution in [1.29, 1.82) is 0 Å². The summed E-state index contributed by atoms with van der Waals surface area (Å²) in [6.07, 6.45) is -4.89. The van der Waals surface area contributed by atoms with Crippen LogP contribution in [0.5, 0.6) is 0 Å². The minimum atomic E-state index is -1.80. The molecule has 14 heteroatoms. The van der Waals surface area contributed by atoms with Crippen LogP contribution in [-0.2, 0) is 30.2 Å². The van der Waals surface area contributed by atoms with Crippen molar-refractivity contribution in [3.8, 4) is 0 Å². The van der Waals surface area contributed by atoms with E-state index in [2.05, 4.69) is 16.0 Å². The minimum Gasteiger partial charge on any atom is -0.444 e. The van der Waals surface area contributed by atoms with Crippen molar-refractivity contribution in [2.45, 2.75) is 111 Å². The van der Waals surface area contributed by atoms with Gasteiger partial charge in [0.15, 0.2) is 5.60 Å². The second-order valence-electron chi connectivity index (χ2n) is 13.7. The molecule has 45 heavy (non-hydrogen) atoms. The number of rotatable bonds is 13. The molecule has 3 atom stereocenters. The highest BCUT2D eigenvalue weighted by Gasteiger charge is 2.57. The van der Waals surface area contributed by atoms with Crippen LogP contribution in [0.1, 0.15) is 80.7 Å². The third-order valence-corrected chi connectivity index (χ3v) is 6.40. The summed E-state index contributed by atoms with van der Waals surface area (Å²) in [5.41, 5.74) is 7.27. The molecule has 7 N–H and O–H groups in total. The van der Waals surface area contributed by atoms with Gasteiger partial charge in [0.25, 0.3) is 5.91 Å². The lowest BCUT2D eigenvalue weighted by Gasteiger charge is -2.46. The van der Waals surface area contributed by atoms with Gasteiger partial charge in [0.05, 0.1) is 0 Å². The van der Waals surface area contributed by atoms with Crippen LogP contribution in [0.2, 0.25) is 0 Å². The molecule has 14 nitrogen and oxygen atoms in total. The Kier molecular flexibility index (Phi) is 14.0. The van der Waals surface area contributed by atoms with E-state index in [0.29, 0.717) is 18.4 Å². The average molecular weight is 638 g/mol. The van der Waals surface area contributed by atoms with E-state index >= 15 is 0 Å². The van der Waals surface area contributed by atoms with Gasteiger partial charge < -0.3 is 46.4 Å². The van der Waals surface area contributed by atoms with Crippen molar-refractivity contribution < 1.29 is 42.9 Å². The molecule has 1 rings (SSSR count). The van der Waals surface area contributed by atoms with E-state index < -0.39 is 64.6 Å². The van der Waals surface area contributed by atoms with Gasteiger partial charge in [0, 0.05) is 31.0 Å². The summed E-state index contributed by atoms with van der Waals surface area (Å²) in [5, 5.41) is 8.05. The molecule has 0 aliphatic heterocycles. The zero-order valence-electron chi connectivity index (χ0n) is 27.9. The smallest absolute Gasteiger partial charge is 0.407 e. The van der Waals surface area contributed by atoms with E-state index in [1.165, 1.54) is 0 Å². The van der Waals surface area contributed by atoms with Gasteiger partial charge in [-0.15, -0.1) is 0 Å². The van der Waals surface area contributed by atoms with Crippen molar-refractivity contribution in [2.24, 2.45) is 16.9 Å². The van der Waals surface area contributed by atoms with Gasteiger partial charge in [-0.2, -0.15) is 0 Å². The highest BCUT2D eigenvalue weighted by Crippen LogP contribution is 2.41. The van der Waals surface area contributed by atoms with E-state index in [-0.39, 0.29) is 19.5 Å². The fraction of sp³-hybridized carbons (Fsp3) is 0.645. The van der Waals surface area contributed by atoms with Crippen LogP contribution >= 0.6 is 0 Å². The fourth-order valence-electron chi connectivity index (χ4n) is 4.42. The van der Waals surface area contributed by atoms with Gasteiger partial charge in [0.1, 0.15) is 11.2 Å².